The van der Waals surface area contributed by atoms with Gasteiger partial charge in [-0.25, -0.2) is 8.42 Å². The van der Waals surface area contributed by atoms with Crippen molar-refractivity contribution in [2.45, 2.75) is 5.03 Å². The molecule has 8 heteroatoms. The van der Waals surface area contributed by atoms with E-state index in [1.54, 1.807) is 6.26 Å². The van der Waals surface area contributed by atoms with Crippen LogP contribution in [0.1, 0.15) is 5.56 Å². The van der Waals surface area contributed by atoms with Gasteiger partial charge in [-0.3, -0.25) is 9.82 Å². The summed E-state index contributed by atoms with van der Waals surface area (Å²) in [6.07, 6.45) is 2.76. The molecular weight excluding hydrogens is 224 g/mol. The quantitative estimate of drug-likeness (QED) is 0.734. The number of hydrogen-bond acceptors (Lipinski definition) is 5. The standard InChI is InChI=1S/C6H8N4O2S2/c1-13-6-4(3-7)5(8-9-6)10-14(2,11)12/h1-2H3,(H2,8,9,10). The van der Waals surface area contributed by atoms with E-state index in [4.69, 9.17) is 5.26 Å². The second-order valence-corrected chi connectivity index (χ2v) is 5.01. The van der Waals surface area contributed by atoms with Crippen LogP contribution in [-0.2, 0) is 10.0 Å². The molecule has 0 atom stereocenters. The van der Waals surface area contributed by atoms with Crippen LogP contribution in [-0.4, -0.2) is 31.1 Å². The third-order valence-electron chi connectivity index (χ3n) is 1.33. The van der Waals surface area contributed by atoms with Crippen molar-refractivity contribution in [3.05, 3.63) is 5.56 Å². The highest BCUT2D eigenvalue weighted by Crippen LogP contribution is 2.23. The molecule has 14 heavy (non-hydrogen) atoms. The minimum Gasteiger partial charge on any atom is -0.267 e. The van der Waals surface area contributed by atoms with E-state index in [0.29, 0.717) is 5.03 Å². The first-order chi connectivity index (χ1) is 6.48. The lowest BCUT2D eigenvalue weighted by atomic mass is 10.4. The number of thioether (sulfide) groups is 1. The lowest BCUT2D eigenvalue weighted by molar-refractivity contribution is 0.606. The summed E-state index contributed by atoms with van der Waals surface area (Å²) in [6, 6.07) is 1.88. The molecule has 1 aromatic heterocycles. The van der Waals surface area contributed by atoms with Gasteiger partial charge in [-0.1, -0.05) is 0 Å². The maximum atomic E-state index is 10.9. The van der Waals surface area contributed by atoms with E-state index in [1.807, 2.05) is 6.07 Å². The van der Waals surface area contributed by atoms with E-state index in [-0.39, 0.29) is 11.4 Å². The van der Waals surface area contributed by atoms with Crippen molar-refractivity contribution in [2.24, 2.45) is 0 Å². The molecule has 6 nitrogen and oxygen atoms in total. The summed E-state index contributed by atoms with van der Waals surface area (Å²) < 4.78 is 24.0. The topological polar surface area (TPSA) is 98.6 Å². The first kappa shape index (κ1) is 10.9. The predicted octanol–water partition coefficient (Wildman–Crippen LogP) is 0.375. The smallest absolute Gasteiger partial charge is 0.230 e. The molecule has 0 aliphatic rings. The van der Waals surface area contributed by atoms with Gasteiger partial charge in [0.2, 0.25) is 10.0 Å². The average Bonchev–Trinajstić information content (AvgIpc) is 2.43. The highest BCUT2D eigenvalue weighted by molar-refractivity contribution is 7.98. The first-order valence-corrected chi connectivity index (χ1v) is 6.60. The third kappa shape index (κ3) is 2.40. The highest BCUT2D eigenvalue weighted by atomic mass is 32.2. The van der Waals surface area contributed by atoms with Crippen molar-refractivity contribution in [2.75, 3.05) is 17.2 Å². The highest BCUT2D eigenvalue weighted by Gasteiger charge is 2.14. The van der Waals surface area contributed by atoms with Crippen LogP contribution >= 0.6 is 11.8 Å². The number of aromatic amines is 1. The first-order valence-electron chi connectivity index (χ1n) is 3.48. The Labute approximate surface area is 85.7 Å². The van der Waals surface area contributed by atoms with E-state index in [1.165, 1.54) is 11.8 Å². The van der Waals surface area contributed by atoms with Crippen molar-refractivity contribution in [3.8, 4) is 6.07 Å². The molecule has 2 N–H and O–H groups in total. The van der Waals surface area contributed by atoms with Gasteiger partial charge >= 0.3 is 0 Å². The van der Waals surface area contributed by atoms with Crippen molar-refractivity contribution in [3.63, 3.8) is 0 Å². The van der Waals surface area contributed by atoms with Crippen LogP contribution in [0.3, 0.4) is 0 Å². The second-order valence-electron chi connectivity index (χ2n) is 2.47. The minimum atomic E-state index is -3.39. The van der Waals surface area contributed by atoms with Gasteiger partial charge in [-0.15, -0.1) is 11.8 Å². The van der Waals surface area contributed by atoms with Crippen LogP contribution in [0.15, 0.2) is 5.03 Å². The molecule has 0 aliphatic heterocycles. The van der Waals surface area contributed by atoms with Crippen molar-refractivity contribution < 1.29 is 8.42 Å². The zero-order valence-electron chi connectivity index (χ0n) is 7.53. The SMILES string of the molecule is CSc1n[nH]c(NS(C)(=O)=O)c1C#N. The van der Waals surface area contributed by atoms with Gasteiger partial charge in [0.15, 0.2) is 5.82 Å². The van der Waals surface area contributed by atoms with Crippen molar-refractivity contribution in [1.29, 1.82) is 5.26 Å². The zero-order chi connectivity index (χ0) is 10.8. The summed E-state index contributed by atoms with van der Waals surface area (Å²) in [6.45, 7) is 0. The lowest BCUT2D eigenvalue weighted by Crippen LogP contribution is -2.10. The van der Waals surface area contributed by atoms with Crippen LogP contribution in [0.5, 0.6) is 0 Å². The van der Waals surface area contributed by atoms with Crippen LogP contribution in [0.2, 0.25) is 0 Å². The number of H-pyrrole nitrogens is 1. The van der Waals surface area contributed by atoms with Crippen LogP contribution in [0.4, 0.5) is 5.82 Å². The molecule has 0 aliphatic carbocycles. The van der Waals surface area contributed by atoms with Gasteiger partial charge < -0.3 is 0 Å². The molecule has 0 radical (unpaired) electrons. The Balaban J connectivity index is 3.12. The molecule has 0 saturated carbocycles. The van der Waals surface area contributed by atoms with Gasteiger partial charge in [0.1, 0.15) is 16.7 Å². The van der Waals surface area contributed by atoms with Crippen molar-refractivity contribution >= 4 is 27.6 Å². The Bertz CT molecular complexity index is 471. The summed E-state index contributed by atoms with van der Waals surface area (Å²) in [5.74, 6) is 0.111. The molecule has 0 amide bonds. The molecular formula is C6H8N4O2S2. The summed E-state index contributed by atoms with van der Waals surface area (Å²) >= 11 is 1.27. The fourth-order valence-corrected chi connectivity index (χ4v) is 1.84. The number of nitrogens with zero attached hydrogens (tertiary/aromatic N) is 2. The molecule has 76 valence electrons. The van der Waals surface area contributed by atoms with Crippen LogP contribution < -0.4 is 4.72 Å². The number of aromatic nitrogens is 2. The summed E-state index contributed by atoms with van der Waals surface area (Å²) in [5.41, 5.74) is 0.211. The fraction of sp³-hybridized carbons (Fsp3) is 0.333. The van der Waals surface area contributed by atoms with Crippen molar-refractivity contribution in [1.82, 2.24) is 10.2 Å². The van der Waals surface area contributed by atoms with Gasteiger partial charge in [-0.05, 0) is 6.26 Å². The number of anilines is 1. The molecule has 1 heterocycles. The lowest BCUT2D eigenvalue weighted by Gasteiger charge is -1.99. The molecule has 0 fully saturated rings. The van der Waals surface area contributed by atoms with E-state index in [9.17, 15) is 8.42 Å². The second kappa shape index (κ2) is 3.89. The fourth-order valence-electron chi connectivity index (χ4n) is 0.836. The number of hydrogen-bond donors (Lipinski definition) is 2. The summed E-state index contributed by atoms with van der Waals surface area (Å²) in [5, 5.41) is 15.5. The molecule has 0 saturated heterocycles. The Morgan fingerprint density at radius 1 is 1.64 bits per heavy atom. The molecule has 0 spiro atoms. The van der Waals surface area contributed by atoms with Crippen LogP contribution in [0, 0.1) is 11.3 Å². The maximum absolute atomic E-state index is 10.9. The van der Waals surface area contributed by atoms with Gasteiger partial charge in [0.25, 0.3) is 0 Å². The predicted molar refractivity (Wildman–Crippen MR) is 53.6 cm³/mol. The van der Waals surface area contributed by atoms with Gasteiger partial charge in [0, 0.05) is 0 Å². The molecule has 0 unspecified atom stereocenters. The van der Waals surface area contributed by atoms with E-state index in [2.05, 4.69) is 14.9 Å². The van der Waals surface area contributed by atoms with Gasteiger partial charge in [-0.2, -0.15) is 10.4 Å². The maximum Gasteiger partial charge on any atom is 0.230 e. The Hall–Kier alpha value is -1.20. The Morgan fingerprint density at radius 2 is 2.29 bits per heavy atom. The Kier molecular flexibility index (Phi) is 3.03. The normalized spacial score (nSPS) is 10.9. The van der Waals surface area contributed by atoms with Gasteiger partial charge in [0.05, 0.1) is 6.26 Å². The number of nitriles is 1. The molecule has 0 bridgehead atoms. The zero-order valence-corrected chi connectivity index (χ0v) is 9.16. The average molecular weight is 232 g/mol. The van der Waals surface area contributed by atoms with E-state index >= 15 is 0 Å². The Morgan fingerprint density at radius 3 is 2.71 bits per heavy atom. The molecule has 1 rings (SSSR count). The minimum absolute atomic E-state index is 0.111. The molecule has 1 aromatic rings. The largest absolute Gasteiger partial charge is 0.267 e. The van der Waals surface area contributed by atoms with E-state index in [0.717, 1.165) is 6.26 Å². The number of sulfonamides is 1. The monoisotopic (exact) mass is 232 g/mol. The summed E-state index contributed by atoms with van der Waals surface area (Å²) in [4.78, 5) is 0. The van der Waals surface area contributed by atoms with Crippen LogP contribution in [0.25, 0.3) is 0 Å². The third-order valence-corrected chi connectivity index (χ3v) is 2.58. The van der Waals surface area contributed by atoms with E-state index < -0.39 is 10.0 Å². The molecule has 0 aromatic carbocycles. The number of rotatable bonds is 3. The summed E-state index contributed by atoms with van der Waals surface area (Å²) in [7, 11) is -3.39. The number of nitrogens with one attached hydrogen (secondary N) is 2.